The molecule has 9 heteroatoms. The lowest BCUT2D eigenvalue weighted by molar-refractivity contribution is -0.274. The SMILES string of the molecule is CCN(CC(=O)O)C(=O)C(F)(F)C(F)(F)F. The van der Waals surface area contributed by atoms with Crippen LogP contribution in [0.3, 0.4) is 0 Å². The van der Waals surface area contributed by atoms with Crippen LogP contribution in [0.1, 0.15) is 6.92 Å². The number of carbonyl (C=O) groups is 2. The highest BCUT2D eigenvalue weighted by molar-refractivity contribution is 5.87. The largest absolute Gasteiger partial charge is 0.480 e. The molecule has 0 aromatic carbocycles. The van der Waals surface area contributed by atoms with E-state index in [1.165, 1.54) is 0 Å². The molecule has 0 rings (SSSR count). The quantitative estimate of drug-likeness (QED) is 0.759. The van der Waals surface area contributed by atoms with Gasteiger partial charge in [0.2, 0.25) is 0 Å². The molecule has 0 fully saturated rings. The van der Waals surface area contributed by atoms with Crippen molar-refractivity contribution in [2.75, 3.05) is 13.1 Å². The summed E-state index contributed by atoms with van der Waals surface area (Å²) in [6.45, 7) is -0.675. The number of likely N-dealkylation sites (N-methyl/N-ethyl adjacent to an activating group) is 1. The number of carbonyl (C=O) groups excluding carboxylic acids is 1. The van der Waals surface area contributed by atoms with Gasteiger partial charge < -0.3 is 10.0 Å². The number of hydrogen-bond acceptors (Lipinski definition) is 2. The molecule has 0 aliphatic carbocycles. The van der Waals surface area contributed by atoms with E-state index in [1.54, 1.807) is 0 Å². The zero-order valence-corrected chi connectivity index (χ0v) is 8.01. The van der Waals surface area contributed by atoms with Crippen molar-refractivity contribution in [3.63, 3.8) is 0 Å². The van der Waals surface area contributed by atoms with Crippen molar-refractivity contribution in [2.24, 2.45) is 0 Å². The van der Waals surface area contributed by atoms with Gasteiger partial charge in [-0.15, -0.1) is 0 Å². The van der Waals surface area contributed by atoms with E-state index in [0.29, 0.717) is 0 Å². The third kappa shape index (κ3) is 3.04. The van der Waals surface area contributed by atoms with Crippen LogP contribution in [0.5, 0.6) is 0 Å². The van der Waals surface area contributed by atoms with Crippen molar-refractivity contribution < 1.29 is 36.6 Å². The number of hydrogen-bond donors (Lipinski definition) is 1. The minimum atomic E-state index is -6.03. The summed E-state index contributed by atoms with van der Waals surface area (Å²) in [5, 5.41) is 8.21. The summed E-state index contributed by atoms with van der Waals surface area (Å²) in [7, 11) is 0. The number of carboxylic acid groups (broad SMARTS) is 1. The Balaban J connectivity index is 4.95. The first kappa shape index (κ1) is 14.6. The van der Waals surface area contributed by atoms with Crippen molar-refractivity contribution in [3.05, 3.63) is 0 Å². The molecule has 0 spiro atoms. The Hall–Kier alpha value is -1.41. The van der Waals surface area contributed by atoms with Gasteiger partial charge in [0, 0.05) is 6.54 Å². The van der Waals surface area contributed by atoms with Gasteiger partial charge in [-0.1, -0.05) is 0 Å². The summed E-state index contributed by atoms with van der Waals surface area (Å²) >= 11 is 0. The van der Waals surface area contributed by atoms with Gasteiger partial charge in [-0.3, -0.25) is 9.59 Å². The first-order chi connectivity index (χ1) is 7.04. The molecule has 4 nitrogen and oxygen atoms in total. The lowest BCUT2D eigenvalue weighted by Gasteiger charge is -2.25. The highest BCUT2D eigenvalue weighted by Gasteiger charge is 2.64. The molecule has 0 atom stereocenters. The van der Waals surface area contributed by atoms with Crippen molar-refractivity contribution in [1.29, 1.82) is 0 Å². The van der Waals surface area contributed by atoms with E-state index in [1.807, 2.05) is 0 Å². The van der Waals surface area contributed by atoms with Crippen LogP contribution in [-0.4, -0.2) is 47.1 Å². The fraction of sp³-hybridized carbons (Fsp3) is 0.714. The molecule has 0 aliphatic rings. The Morgan fingerprint density at radius 3 is 1.88 bits per heavy atom. The Labute approximate surface area is 86.6 Å². The number of nitrogens with zero attached hydrogens (tertiary/aromatic N) is 1. The van der Waals surface area contributed by atoms with E-state index >= 15 is 0 Å². The van der Waals surface area contributed by atoms with Gasteiger partial charge in [-0.05, 0) is 6.92 Å². The number of amides is 1. The molecular formula is C7H8F5NO3. The van der Waals surface area contributed by atoms with Crippen LogP contribution in [0.2, 0.25) is 0 Å². The van der Waals surface area contributed by atoms with Gasteiger partial charge in [-0.25, -0.2) is 0 Å². The van der Waals surface area contributed by atoms with Crippen LogP contribution in [0.15, 0.2) is 0 Å². The molecular weight excluding hydrogens is 241 g/mol. The third-order valence-corrected chi connectivity index (χ3v) is 1.62. The zero-order chi connectivity index (χ0) is 13.1. The standard InChI is InChI=1S/C7H8F5NO3/c1-2-13(3-4(14)15)5(16)6(8,9)7(10,11)12/h2-3H2,1H3,(H,14,15). The highest BCUT2D eigenvalue weighted by atomic mass is 19.4. The van der Waals surface area contributed by atoms with Crippen LogP contribution in [0.4, 0.5) is 22.0 Å². The fourth-order valence-electron chi connectivity index (χ4n) is 0.810. The predicted molar refractivity (Wildman–Crippen MR) is 40.9 cm³/mol. The number of halogens is 5. The Kier molecular flexibility index (Phi) is 4.21. The zero-order valence-electron chi connectivity index (χ0n) is 8.01. The van der Waals surface area contributed by atoms with E-state index in [0.717, 1.165) is 6.92 Å². The minimum Gasteiger partial charge on any atom is -0.480 e. The average Bonchev–Trinajstić information content (AvgIpc) is 2.10. The normalized spacial score (nSPS) is 12.4. The number of alkyl halides is 5. The lowest BCUT2D eigenvalue weighted by Crippen LogP contribution is -2.53. The second kappa shape index (κ2) is 4.62. The minimum absolute atomic E-state index is 0.0875. The molecule has 0 radical (unpaired) electrons. The van der Waals surface area contributed by atoms with E-state index in [9.17, 15) is 31.5 Å². The number of rotatable bonds is 4. The van der Waals surface area contributed by atoms with E-state index in [-0.39, 0.29) is 4.90 Å². The summed E-state index contributed by atoms with van der Waals surface area (Å²) in [4.78, 5) is 20.8. The summed E-state index contributed by atoms with van der Waals surface area (Å²) in [6.07, 6.45) is -6.03. The van der Waals surface area contributed by atoms with Gasteiger partial charge in [0.25, 0.3) is 0 Å². The molecule has 0 bridgehead atoms. The van der Waals surface area contributed by atoms with Crippen LogP contribution >= 0.6 is 0 Å². The number of carboxylic acids is 1. The number of aliphatic carboxylic acids is 1. The van der Waals surface area contributed by atoms with Crippen molar-refractivity contribution >= 4 is 11.9 Å². The van der Waals surface area contributed by atoms with Crippen molar-refractivity contribution in [3.8, 4) is 0 Å². The van der Waals surface area contributed by atoms with Crippen LogP contribution < -0.4 is 0 Å². The Morgan fingerprint density at radius 2 is 1.62 bits per heavy atom. The molecule has 0 unspecified atom stereocenters. The van der Waals surface area contributed by atoms with Crippen LogP contribution in [0, 0.1) is 0 Å². The predicted octanol–water partition coefficient (Wildman–Crippen LogP) is 1.12. The van der Waals surface area contributed by atoms with Crippen LogP contribution in [0.25, 0.3) is 0 Å². The van der Waals surface area contributed by atoms with E-state index < -0.39 is 37.1 Å². The monoisotopic (exact) mass is 249 g/mol. The molecule has 16 heavy (non-hydrogen) atoms. The molecule has 94 valence electrons. The average molecular weight is 249 g/mol. The summed E-state index contributed by atoms with van der Waals surface area (Å²) in [5.41, 5.74) is 0. The van der Waals surface area contributed by atoms with E-state index in [4.69, 9.17) is 5.11 Å². The smallest absolute Gasteiger partial charge is 0.463 e. The molecule has 1 amide bonds. The van der Waals surface area contributed by atoms with Gasteiger partial charge in [0.1, 0.15) is 6.54 Å². The van der Waals surface area contributed by atoms with Gasteiger partial charge in [-0.2, -0.15) is 22.0 Å². The second-order valence-electron chi connectivity index (χ2n) is 2.79. The first-order valence-corrected chi connectivity index (χ1v) is 3.99. The molecule has 1 N–H and O–H groups in total. The Morgan fingerprint density at radius 1 is 1.19 bits per heavy atom. The van der Waals surface area contributed by atoms with Crippen molar-refractivity contribution in [1.82, 2.24) is 4.90 Å². The van der Waals surface area contributed by atoms with E-state index in [2.05, 4.69) is 0 Å². The topological polar surface area (TPSA) is 57.6 Å². The van der Waals surface area contributed by atoms with Gasteiger partial charge in [0.15, 0.2) is 0 Å². The third-order valence-electron chi connectivity index (χ3n) is 1.62. The second-order valence-corrected chi connectivity index (χ2v) is 2.79. The molecule has 0 saturated heterocycles. The first-order valence-electron chi connectivity index (χ1n) is 3.99. The van der Waals surface area contributed by atoms with Gasteiger partial charge >= 0.3 is 24.0 Å². The molecule has 0 aromatic rings. The van der Waals surface area contributed by atoms with Crippen LogP contribution in [-0.2, 0) is 9.59 Å². The highest BCUT2D eigenvalue weighted by Crippen LogP contribution is 2.36. The molecule has 0 aliphatic heterocycles. The maximum absolute atomic E-state index is 12.5. The maximum atomic E-state index is 12.5. The lowest BCUT2D eigenvalue weighted by atomic mass is 10.2. The molecule has 0 aromatic heterocycles. The van der Waals surface area contributed by atoms with Crippen molar-refractivity contribution in [2.45, 2.75) is 19.0 Å². The molecule has 0 heterocycles. The Bertz CT molecular complexity index is 288. The molecule has 0 saturated carbocycles. The fourth-order valence-corrected chi connectivity index (χ4v) is 0.810. The summed E-state index contributed by atoms with van der Waals surface area (Å²) in [6, 6.07) is 0. The summed E-state index contributed by atoms with van der Waals surface area (Å²) in [5.74, 6) is -9.81. The summed E-state index contributed by atoms with van der Waals surface area (Å²) < 4.78 is 60.3. The maximum Gasteiger partial charge on any atom is 0.463 e. The van der Waals surface area contributed by atoms with Gasteiger partial charge in [0.05, 0.1) is 0 Å².